The van der Waals surface area contributed by atoms with E-state index in [-0.39, 0.29) is 0 Å². The highest BCUT2D eigenvalue weighted by Gasteiger charge is 2.04. The van der Waals surface area contributed by atoms with Crippen LogP contribution >= 0.6 is 15.9 Å². The van der Waals surface area contributed by atoms with Crippen molar-refractivity contribution in [1.29, 1.82) is 0 Å². The quantitative estimate of drug-likeness (QED) is 0.780. The fourth-order valence-electron chi connectivity index (χ4n) is 1.87. The number of hydrogen-bond acceptors (Lipinski definition) is 3. The van der Waals surface area contributed by atoms with Gasteiger partial charge in [-0.2, -0.15) is 5.10 Å². The molecule has 0 saturated carbocycles. The van der Waals surface area contributed by atoms with E-state index in [4.69, 9.17) is 0 Å². The van der Waals surface area contributed by atoms with Crippen molar-refractivity contribution in [1.82, 2.24) is 15.2 Å². The number of pyridine rings is 1. The van der Waals surface area contributed by atoms with Crippen LogP contribution in [-0.2, 0) is 6.54 Å². The van der Waals surface area contributed by atoms with Crippen LogP contribution in [0.2, 0.25) is 0 Å². The van der Waals surface area contributed by atoms with E-state index < -0.39 is 0 Å². The Morgan fingerprint density at radius 1 is 1.22 bits per heavy atom. The van der Waals surface area contributed by atoms with E-state index in [9.17, 15) is 0 Å². The second-order valence-corrected chi connectivity index (χ2v) is 4.79. The molecule has 1 aromatic carbocycles. The van der Waals surface area contributed by atoms with E-state index in [1.807, 2.05) is 30.5 Å². The molecule has 0 aliphatic rings. The summed E-state index contributed by atoms with van der Waals surface area (Å²) in [4.78, 5) is 4.28. The maximum absolute atomic E-state index is 4.28. The van der Waals surface area contributed by atoms with Gasteiger partial charge in [0.2, 0.25) is 0 Å². The zero-order chi connectivity index (χ0) is 12.4. The predicted molar refractivity (Wildman–Crippen MR) is 75.4 cm³/mol. The summed E-state index contributed by atoms with van der Waals surface area (Å²) in [5.74, 6) is 0.842. The number of H-pyrrole nitrogens is 1. The van der Waals surface area contributed by atoms with Crippen molar-refractivity contribution in [3.05, 3.63) is 52.8 Å². The molecule has 90 valence electrons. The minimum absolute atomic E-state index is 0.704. The summed E-state index contributed by atoms with van der Waals surface area (Å²) in [5.41, 5.74) is 2.24. The van der Waals surface area contributed by atoms with Gasteiger partial charge in [-0.15, -0.1) is 0 Å². The second kappa shape index (κ2) is 4.78. The lowest BCUT2D eigenvalue weighted by Gasteiger charge is -2.07. The molecule has 0 atom stereocenters. The number of anilines is 1. The first kappa shape index (κ1) is 11.2. The van der Waals surface area contributed by atoms with Crippen molar-refractivity contribution in [2.24, 2.45) is 0 Å². The topological polar surface area (TPSA) is 53.6 Å². The highest BCUT2D eigenvalue weighted by atomic mass is 79.9. The van der Waals surface area contributed by atoms with Gasteiger partial charge in [-0.3, -0.25) is 5.10 Å². The molecule has 5 heteroatoms. The number of nitrogens with one attached hydrogen (secondary N) is 2. The van der Waals surface area contributed by atoms with Crippen LogP contribution in [0.1, 0.15) is 5.56 Å². The number of aromatic amines is 1. The van der Waals surface area contributed by atoms with E-state index >= 15 is 0 Å². The Balaban J connectivity index is 1.85. The Labute approximate surface area is 113 Å². The number of fused-ring (bicyclic) bond motifs is 1. The zero-order valence-corrected chi connectivity index (χ0v) is 11.1. The van der Waals surface area contributed by atoms with Crippen molar-refractivity contribution in [3.63, 3.8) is 0 Å². The fourth-order valence-corrected chi connectivity index (χ4v) is 2.27. The lowest BCUT2D eigenvalue weighted by molar-refractivity contribution is 1.08. The molecule has 18 heavy (non-hydrogen) atoms. The summed E-state index contributed by atoms with van der Waals surface area (Å²) >= 11 is 3.47. The van der Waals surface area contributed by atoms with Gasteiger partial charge in [0.25, 0.3) is 0 Å². The summed E-state index contributed by atoms with van der Waals surface area (Å²) in [7, 11) is 0. The number of aromatic nitrogens is 3. The van der Waals surface area contributed by atoms with Crippen LogP contribution in [0, 0.1) is 0 Å². The summed E-state index contributed by atoms with van der Waals surface area (Å²) in [6.45, 7) is 0.704. The van der Waals surface area contributed by atoms with E-state index in [0.29, 0.717) is 6.54 Å². The van der Waals surface area contributed by atoms with E-state index in [2.05, 4.69) is 42.5 Å². The summed E-state index contributed by atoms with van der Waals surface area (Å²) < 4.78 is 0.960. The predicted octanol–water partition coefficient (Wildman–Crippen LogP) is 3.33. The molecule has 0 radical (unpaired) electrons. The van der Waals surface area contributed by atoms with Gasteiger partial charge in [-0.25, -0.2) is 4.98 Å². The highest BCUT2D eigenvalue weighted by molar-refractivity contribution is 9.10. The van der Waals surface area contributed by atoms with Gasteiger partial charge in [0.15, 0.2) is 0 Å². The molecule has 0 fully saturated rings. The lowest BCUT2D eigenvalue weighted by atomic mass is 10.1. The van der Waals surface area contributed by atoms with Crippen LogP contribution in [0.5, 0.6) is 0 Å². The third-order valence-electron chi connectivity index (χ3n) is 2.77. The second-order valence-electron chi connectivity index (χ2n) is 3.94. The van der Waals surface area contributed by atoms with Crippen LogP contribution in [0.4, 0.5) is 5.82 Å². The third kappa shape index (κ3) is 2.09. The molecule has 3 rings (SSSR count). The Kier molecular flexibility index (Phi) is 2.98. The van der Waals surface area contributed by atoms with E-state index in [0.717, 1.165) is 21.2 Å². The van der Waals surface area contributed by atoms with E-state index in [1.54, 1.807) is 6.20 Å². The first-order valence-electron chi connectivity index (χ1n) is 5.60. The molecule has 2 heterocycles. The first-order chi connectivity index (χ1) is 8.84. The molecule has 0 unspecified atom stereocenters. The van der Waals surface area contributed by atoms with Gasteiger partial charge in [0, 0.05) is 18.1 Å². The Morgan fingerprint density at radius 2 is 2.17 bits per heavy atom. The number of rotatable bonds is 3. The summed E-state index contributed by atoms with van der Waals surface area (Å²) in [6, 6.07) is 10.0. The van der Waals surface area contributed by atoms with Crippen LogP contribution in [0.25, 0.3) is 10.9 Å². The molecule has 3 aromatic rings. The normalized spacial score (nSPS) is 10.7. The monoisotopic (exact) mass is 302 g/mol. The van der Waals surface area contributed by atoms with Crippen LogP contribution in [0.3, 0.4) is 0 Å². The van der Waals surface area contributed by atoms with Gasteiger partial charge in [0.1, 0.15) is 5.82 Å². The lowest BCUT2D eigenvalue weighted by Crippen LogP contribution is -2.02. The van der Waals surface area contributed by atoms with Gasteiger partial charge in [0.05, 0.1) is 16.2 Å². The van der Waals surface area contributed by atoms with Crippen LogP contribution in [0.15, 0.2) is 47.2 Å². The summed E-state index contributed by atoms with van der Waals surface area (Å²) in [6.07, 6.45) is 3.60. The highest BCUT2D eigenvalue weighted by Crippen LogP contribution is 2.21. The van der Waals surface area contributed by atoms with Gasteiger partial charge >= 0.3 is 0 Å². The molecule has 4 nitrogen and oxygen atoms in total. The summed E-state index contributed by atoms with van der Waals surface area (Å²) in [5, 5.41) is 11.5. The molecule has 0 bridgehead atoms. The molecule has 2 aromatic heterocycles. The van der Waals surface area contributed by atoms with Gasteiger partial charge < -0.3 is 5.32 Å². The maximum atomic E-state index is 4.28. The first-order valence-corrected chi connectivity index (χ1v) is 6.39. The average molecular weight is 303 g/mol. The number of benzene rings is 1. The maximum Gasteiger partial charge on any atom is 0.140 e. The number of hydrogen-bond donors (Lipinski definition) is 2. The van der Waals surface area contributed by atoms with Crippen molar-refractivity contribution in [2.45, 2.75) is 6.54 Å². The fraction of sp³-hybridized carbons (Fsp3) is 0.0769. The molecule has 0 amide bonds. The molecular formula is C13H11BrN4. The van der Waals surface area contributed by atoms with E-state index in [1.165, 1.54) is 5.56 Å². The molecule has 0 spiro atoms. The van der Waals surface area contributed by atoms with Crippen molar-refractivity contribution < 1.29 is 0 Å². The Hall–Kier alpha value is -1.88. The zero-order valence-electron chi connectivity index (χ0n) is 9.52. The van der Waals surface area contributed by atoms with Crippen molar-refractivity contribution in [2.75, 3.05) is 5.32 Å². The SMILES string of the molecule is Brc1cccnc1NCc1cccc2cn[nH]c12. The molecule has 2 N–H and O–H groups in total. The van der Waals surface area contributed by atoms with Crippen molar-refractivity contribution in [3.8, 4) is 0 Å². The standard InChI is InChI=1S/C13H11BrN4/c14-11-5-2-6-15-13(11)16-7-9-3-1-4-10-8-17-18-12(9)10/h1-6,8H,7H2,(H,15,16)(H,17,18). The number of para-hydroxylation sites is 1. The number of nitrogens with zero attached hydrogens (tertiary/aromatic N) is 2. The average Bonchev–Trinajstić information content (AvgIpc) is 2.86. The van der Waals surface area contributed by atoms with Crippen LogP contribution in [-0.4, -0.2) is 15.2 Å². The minimum atomic E-state index is 0.704. The van der Waals surface area contributed by atoms with Crippen LogP contribution < -0.4 is 5.32 Å². The minimum Gasteiger partial charge on any atom is -0.365 e. The molecule has 0 saturated heterocycles. The van der Waals surface area contributed by atoms with Gasteiger partial charge in [-0.05, 0) is 33.6 Å². The third-order valence-corrected chi connectivity index (χ3v) is 3.41. The van der Waals surface area contributed by atoms with Gasteiger partial charge in [-0.1, -0.05) is 18.2 Å². The molecule has 0 aliphatic heterocycles. The Morgan fingerprint density at radius 3 is 3.06 bits per heavy atom. The smallest absolute Gasteiger partial charge is 0.140 e. The number of halogens is 1. The largest absolute Gasteiger partial charge is 0.365 e. The molecular weight excluding hydrogens is 292 g/mol. The van der Waals surface area contributed by atoms with Crippen molar-refractivity contribution >= 4 is 32.7 Å². The Bertz CT molecular complexity index is 677. The molecule has 0 aliphatic carbocycles.